The molecule has 0 radical (unpaired) electrons. The summed E-state index contributed by atoms with van der Waals surface area (Å²) in [5, 5.41) is 5.59. The average molecular weight is 410 g/mol. The van der Waals surface area contributed by atoms with Gasteiger partial charge in [-0.15, -0.1) is 0 Å². The number of nitrogens with one attached hydrogen (secondary N) is 2. The quantitative estimate of drug-likeness (QED) is 0.639. The third-order valence-corrected chi connectivity index (χ3v) is 5.77. The second-order valence-electron chi connectivity index (χ2n) is 7.75. The molecule has 0 spiro atoms. The van der Waals surface area contributed by atoms with Gasteiger partial charge in [-0.3, -0.25) is 4.79 Å². The Balaban J connectivity index is 1.16. The predicted molar refractivity (Wildman–Crippen MR) is 121 cm³/mol. The second kappa shape index (κ2) is 8.11. The molecule has 154 valence electrons. The first-order valence-corrected chi connectivity index (χ1v) is 10.4. The van der Waals surface area contributed by atoms with Gasteiger partial charge in [-0.2, -0.15) is 0 Å². The van der Waals surface area contributed by atoms with Crippen molar-refractivity contribution in [3.05, 3.63) is 95.1 Å². The maximum atomic E-state index is 12.2. The van der Waals surface area contributed by atoms with Crippen molar-refractivity contribution in [3.8, 4) is 11.1 Å². The Hall–Kier alpha value is -3.86. The molecule has 3 aromatic carbocycles. The fourth-order valence-electron chi connectivity index (χ4n) is 4.34. The van der Waals surface area contributed by atoms with Crippen LogP contribution in [0.25, 0.3) is 17.2 Å². The largest absolute Gasteiger partial charge is 0.449 e. The number of rotatable bonds is 5. The van der Waals surface area contributed by atoms with E-state index in [1.54, 1.807) is 0 Å². The minimum absolute atomic E-state index is 0.0213. The molecule has 2 N–H and O–H groups in total. The van der Waals surface area contributed by atoms with E-state index in [0.717, 1.165) is 16.8 Å². The Bertz CT molecular complexity index is 1150. The monoisotopic (exact) mass is 410 g/mol. The molecule has 1 aliphatic heterocycles. The van der Waals surface area contributed by atoms with Crippen molar-refractivity contribution in [1.29, 1.82) is 0 Å². The lowest BCUT2D eigenvalue weighted by Crippen LogP contribution is -2.26. The zero-order valence-electron chi connectivity index (χ0n) is 16.9. The summed E-state index contributed by atoms with van der Waals surface area (Å²) in [7, 11) is 0. The van der Waals surface area contributed by atoms with Gasteiger partial charge in [0.1, 0.15) is 6.61 Å². The maximum absolute atomic E-state index is 12.2. The van der Waals surface area contributed by atoms with Crippen molar-refractivity contribution in [3.63, 3.8) is 0 Å². The zero-order valence-corrected chi connectivity index (χ0v) is 16.9. The molecule has 0 fully saturated rings. The van der Waals surface area contributed by atoms with Gasteiger partial charge in [0.05, 0.1) is 6.42 Å². The van der Waals surface area contributed by atoms with Crippen molar-refractivity contribution in [1.82, 2.24) is 5.32 Å². The summed E-state index contributed by atoms with van der Waals surface area (Å²) < 4.78 is 5.53. The third kappa shape index (κ3) is 3.82. The van der Waals surface area contributed by atoms with Gasteiger partial charge in [-0.25, -0.2) is 4.79 Å². The van der Waals surface area contributed by atoms with Crippen LogP contribution in [0.4, 0.5) is 10.5 Å². The van der Waals surface area contributed by atoms with Crippen LogP contribution in [0.5, 0.6) is 0 Å². The van der Waals surface area contributed by atoms with E-state index in [4.69, 9.17) is 4.74 Å². The minimum Gasteiger partial charge on any atom is -0.449 e. The summed E-state index contributed by atoms with van der Waals surface area (Å²) in [5.74, 6) is 0.0736. The molecule has 2 aliphatic rings. The summed E-state index contributed by atoms with van der Waals surface area (Å²) in [6, 6.07) is 22.4. The van der Waals surface area contributed by atoms with Gasteiger partial charge < -0.3 is 15.4 Å². The molecule has 0 atom stereocenters. The molecule has 5 heteroatoms. The van der Waals surface area contributed by atoms with Gasteiger partial charge in [0, 0.05) is 18.2 Å². The van der Waals surface area contributed by atoms with E-state index < -0.39 is 6.09 Å². The molecular formula is C26H22N2O3. The number of fused-ring (bicyclic) bond motifs is 4. The smallest absolute Gasteiger partial charge is 0.407 e. The Labute approximate surface area is 180 Å². The Kier molecular flexibility index (Phi) is 5.00. The number of anilines is 1. The van der Waals surface area contributed by atoms with E-state index in [0.29, 0.717) is 19.6 Å². The highest BCUT2D eigenvalue weighted by Gasteiger charge is 2.28. The summed E-state index contributed by atoms with van der Waals surface area (Å²) in [6.45, 7) is 0.667. The second-order valence-corrected chi connectivity index (χ2v) is 7.75. The highest BCUT2D eigenvalue weighted by molar-refractivity contribution is 5.99. The highest BCUT2D eigenvalue weighted by Crippen LogP contribution is 2.44. The lowest BCUT2D eigenvalue weighted by Gasteiger charge is -2.14. The van der Waals surface area contributed by atoms with Crippen LogP contribution in [0.1, 0.15) is 28.2 Å². The predicted octanol–water partition coefficient (Wildman–Crippen LogP) is 4.73. The molecule has 5 rings (SSSR count). The fraction of sp³-hybridized carbons (Fsp3) is 0.154. The van der Waals surface area contributed by atoms with Crippen LogP contribution in [-0.4, -0.2) is 25.2 Å². The summed E-state index contributed by atoms with van der Waals surface area (Å²) in [5.41, 5.74) is 7.67. The molecule has 2 amide bonds. The highest BCUT2D eigenvalue weighted by atomic mass is 16.5. The van der Waals surface area contributed by atoms with Crippen LogP contribution in [0.3, 0.4) is 0 Å². The van der Waals surface area contributed by atoms with Gasteiger partial charge in [-0.05, 0) is 45.5 Å². The standard InChI is InChI=1S/C26H22N2O3/c29-25-15-18-14-17(11-12-24(18)28-25)6-5-13-27-26(30)31-16-23-21-9-3-1-7-19(21)20-8-2-4-10-22(20)23/h1-12,14,23H,13,15-16H2,(H,27,30)(H,28,29). The van der Waals surface area contributed by atoms with Crippen LogP contribution in [0.15, 0.2) is 72.8 Å². The van der Waals surface area contributed by atoms with Crippen LogP contribution in [0.2, 0.25) is 0 Å². The first-order valence-electron chi connectivity index (χ1n) is 10.4. The molecule has 5 nitrogen and oxygen atoms in total. The molecule has 3 aromatic rings. The summed E-state index contributed by atoms with van der Waals surface area (Å²) in [6.07, 6.45) is 3.77. The number of carbonyl (C=O) groups excluding carboxylic acids is 2. The van der Waals surface area contributed by atoms with Crippen LogP contribution in [0, 0.1) is 0 Å². The number of amides is 2. The Morgan fingerprint density at radius 1 is 1.03 bits per heavy atom. The molecular weight excluding hydrogens is 388 g/mol. The lowest BCUT2D eigenvalue weighted by molar-refractivity contribution is -0.115. The summed E-state index contributed by atoms with van der Waals surface area (Å²) >= 11 is 0. The van der Waals surface area contributed by atoms with E-state index in [-0.39, 0.29) is 11.8 Å². The van der Waals surface area contributed by atoms with Crippen molar-refractivity contribution in [2.75, 3.05) is 18.5 Å². The van der Waals surface area contributed by atoms with Crippen molar-refractivity contribution >= 4 is 23.8 Å². The molecule has 0 unspecified atom stereocenters. The first kappa shape index (κ1) is 19.1. The zero-order chi connectivity index (χ0) is 21.2. The molecule has 0 saturated heterocycles. The van der Waals surface area contributed by atoms with Gasteiger partial charge in [0.2, 0.25) is 5.91 Å². The number of carbonyl (C=O) groups is 2. The van der Waals surface area contributed by atoms with E-state index in [1.807, 2.05) is 54.6 Å². The SMILES string of the molecule is O=C1Cc2cc(C=CCNC(=O)OCC3c4ccccc4-c4ccccc43)ccc2N1. The van der Waals surface area contributed by atoms with Gasteiger partial charge >= 0.3 is 6.09 Å². The Morgan fingerprint density at radius 2 is 1.74 bits per heavy atom. The van der Waals surface area contributed by atoms with Crippen molar-refractivity contribution in [2.45, 2.75) is 12.3 Å². The number of alkyl carbamates (subject to hydrolysis) is 1. The normalized spacial score (nSPS) is 14.1. The topological polar surface area (TPSA) is 67.4 Å². The molecule has 0 saturated carbocycles. The molecule has 31 heavy (non-hydrogen) atoms. The van der Waals surface area contributed by atoms with Crippen LogP contribution < -0.4 is 10.6 Å². The van der Waals surface area contributed by atoms with E-state index in [1.165, 1.54) is 22.3 Å². The first-order chi connectivity index (χ1) is 15.2. The van der Waals surface area contributed by atoms with Gasteiger partial charge in [0.15, 0.2) is 0 Å². The summed E-state index contributed by atoms with van der Waals surface area (Å²) in [4.78, 5) is 23.7. The molecule has 1 aliphatic carbocycles. The van der Waals surface area contributed by atoms with E-state index in [9.17, 15) is 9.59 Å². The molecule has 1 heterocycles. The number of hydrogen-bond donors (Lipinski definition) is 2. The maximum Gasteiger partial charge on any atom is 0.407 e. The van der Waals surface area contributed by atoms with Crippen LogP contribution >= 0.6 is 0 Å². The van der Waals surface area contributed by atoms with Crippen molar-refractivity contribution in [2.24, 2.45) is 0 Å². The van der Waals surface area contributed by atoms with Crippen LogP contribution in [-0.2, 0) is 16.0 Å². The lowest BCUT2D eigenvalue weighted by atomic mass is 9.98. The third-order valence-electron chi connectivity index (χ3n) is 5.77. The fourth-order valence-corrected chi connectivity index (χ4v) is 4.34. The minimum atomic E-state index is -0.435. The van der Waals surface area contributed by atoms with Crippen molar-refractivity contribution < 1.29 is 14.3 Å². The van der Waals surface area contributed by atoms with E-state index >= 15 is 0 Å². The number of hydrogen-bond acceptors (Lipinski definition) is 3. The average Bonchev–Trinajstić information content (AvgIpc) is 3.32. The van der Waals surface area contributed by atoms with E-state index in [2.05, 4.69) is 34.9 Å². The molecule has 0 aromatic heterocycles. The van der Waals surface area contributed by atoms with Gasteiger partial charge in [0.25, 0.3) is 0 Å². The number of benzene rings is 3. The number of ether oxygens (including phenoxy) is 1. The van der Waals surface area contributed by atoms with Gasteiger partial charge in [-0.1, -0.05) is 66.7 Å². The molecule has 0 bridgehead atoms. The Morgan fingerprint density at radius 3 is 2.48 bits per heavy atom.